The van der Waals surface area contributed by atoms with Crippen molar-refractivity contribution >= 4 is 15.9 Å². The Hall–Kier alpha value is -1.45. The van der Waals surface area contributed by atoms with Crippen molar-refractivity contribution in [2.24, 2.45) is 7.05 Å². The van der Waals surface area contributed by atoms with Crippen molar-refractivity contribution in [2.45, 2.75) is 23.8 Å². The number of carbonyl (C=O) groups excluding carboxylic acids is 1. The fourth-order valence-electron chi connectivity index (χ4n) is 2.33. The van der Waals surface area contributed by atoms with E-state index in [0.29, 0.717) is 13.1 Å². The topological polar surface area (TPSA) is 96.3 Å². The third-order valence-electron chi connectivity index (χ3n) is 3.59. The maximum Gasteiger partial charge on any atom is 0.244 e. The lowest BCUT2D eigenvalue weighted by Crippen LogP contribution is -2.49. The zero-order valence-corrected chi connectivity index (χ0v) is 13.1. The molecule has 1 aliphatic rings. The summed E-state index contributed by atoms with van der Waals surface area (Å²) >= 11 is 0. The molecule has 0 aromatic carbocycles. The number of carbonyl (C=O) groups is 1. The van der Waals surface area contributed by atoms with Crippen LogP contribution in [0.1, 0.15) is 12.8 Å². The molecule has 2 heterocycles. The van der Waals surface area contributed by atoms with Crippen LogP contribution in [0, 0.1) is 0 Å². The summed E-state index contributed by atoms with van der Waals surface area (Å²) in [7, 11) is -0.189. The first kappa shape index (κ1) is 15.9. The second kappa shape index (κ2) is 6.54. The number of aryl methyl sites for hydroxylation is 1. The van der Waals surface area contributed by atoms with Crippen LogP contribution in [0.25, 0.3) is 0 Å². The quantitative estimate of drug-likeness (QED) is 0.720. The number of nitrogens with zero attached hydrogens (tertiary/aromatic N) is 3. The number of aromatic nitrogens is 2. The summed E-state index contributed by atoms with van der Waals surface area (Å²) in [5.41, 5.74) is 0. The van der Waals surface area contributed by atoms with Crippen molar-refractivity contribution in [3.8, 4) is 0 Å². The molecule has 1 aromatic heterocycles. The van der Waals surface area contributed by atoms with E-state index in [1.165, 1.54) is 17.1 Å². The van der Waals surface area contributed by atoms with Gasteiger partial charge >= 0.3 is 0 Å². The molecule has 8 nitrogen and oxygen atoms in total. The van der Waals surface area contributed by atoms with Gasteiger partial charge in [0.25, 0.3) is 0 Å². The molecule has 118 valence electrons. The number of likely N-dealkylation sites (N-methyl/N-ethyl adjacent to an activating group) is 1. The van der Waals surface area contributed by atoms with E-state index in [2.05, 4.69) is 15.1 Å². The molecule has 0 aliphatic carbocycles. The third-order valence-corrected chi connectivity index (χ3v) is 4.94. The maximum atomic E-state index is 12.1. The zero-order chi connectivity index (χ0) is 15.5. The lowest BCUT2D eigenvalue weighted by Gasteiger charge is -2.32. The van der Waals surface area contributed by atoms with Gasteiger partial charge in [0.15, 0.2) is 0 Å². The smallest absolute Gasteiger partial charge is 0.244 e. The summed E-state index contributed by atoms with van der Waals surface area (Å²) in [6, 6.07) is 0.276. The molecule has 1 atom stereocenters. The third kappa shape index (κ3) is 4.02. The second-order valence-electron chi connectivity index (χ2n) is 5.14. The van der Waals surface area contributed by atoms with E-state index in [1.54, 1.807) is 11.9 Å². The van der Waals surface area contributed by atoms with Crippen molar-refractivity contribution < 1.29 is 13.2 Å². The lowest BCUT2D eigenvalue weighted by molar-refractivity contribution is -0.131. The van der Waals surface area contributed by atoms with Crippen LogP contribution in [0.5, 0.6) is 0 Å². The van der Waals surface area contributed by atoms with E-state index >= 15 is 0 Å². The standard InChI is InChI=1S/C12H21N5O3S/c1-13-10-4-3-5-17(8-10)12(18)7-15-21(19,20)11-6-14-16(2)9-11/h6,9-10,13,15H,3-5,7-8H2,1-2H3. The van der Waals surface area contributed by atoms with Crippen LogP contribution in [0.2, 0.25) is 0 Å². The molecule has 2 rings (SSSR count). The normalized spacial score (nSPS) is 19.7. The molecule has 21 heavy (non-hydrogen) atoms. The predicted molar refractivity (Wildman–Crippen MR) is 77.1 cm³/mol. The summed E-state index contributed by atoms with van der Waals surface area (Å²) in [5, 5.41) is 6.96. The summed E-state index contributed by atoms with van der Waals surface area (Å²) in [5.74, 6) is -0.206. The van der Waals surface area contributed by atoms with Gasteiger partial charge in [0.1, 0.15) is 4.90 Å². The molecule has 1 saturated heterocycles. The first-order valence-corrected chi connectivity index (χ1v) is 8.34. The van der Waals surface area contributed by atoms with Crippen LogP contribution in [0.4, 0.5) is 0 Å². The van der Waals surface area contributed by atoms with E-state index in [-0.39, 0.29) is 23.4 Å². The Labute approximate surface area is 124 Å². The summed E-state index contributed by atoms with van der Waals surface area (Å²) in [6.45, 7) is 1.06. The number of amides is 1. The Morgan fingerprint density at radius 2 is 2.29 bits per heavy atom. The molecular formula is C12H21N5O3S. The fourth-order valence-corrected chi connectivity index (χ4v) is 3.29. The maximum absolute atomic E-state index is 12.1. The highest BCUT2D eigenvalue weighted by atomic mass is 32.2. The van der Waals surface area contributed by atoms with Crippen molar-refractivity contribution in [2.75, 3.05) is 26.7 Å². The highest BCUT2D eigenvalue weighted by Crippen LogP contribution is 2.10. The summed E-state index contributed by atoms with van der Waals surface area (Å²) < 4.78 is 27.7. The first-order valence-electron chi connectivity index (χ1n) is 6.86. The highest BCUT2D eigenvalue weighted by molar-refractivity contribution is 7.89. The van der Waals surface area contributed by atoms with Crippen molar-refractivity contribution in [1.29, 1.82) is 0 Å². The van der Waals surface area contributed by atoms with E-state index < -0.39 is 10.0 Å². The van der Waals surface area contributed by atoms with Gasteiger partial charge in [-0.1, -0.05) is 0 Å². The number of hydrogen-bond acceptors (Lipinski definition) is 5. The van der Waals surface area contributed by atoms with Gasteiger partial charge in [0.05, 0.1) is 12.7 Å². The van der Waals surface area contributed by atoms with Gasteiger partial charge in [-0.05, 0) is 19.9 Å². The van der Waals surface area contributed by atoms with Crippen LogP contribution in [0.15, 0.2) is 17.3 Å². The average Bonchev–Trinajstić information content (AvgIpc) is 2.92. The van der Waals surface area contributed by atoms with Crippen molar-refractivity contribution in [3.05, 3.63) is 12.4 Å². The molecule has 0 spiro atoms. The van der Waals surface area contributed by atoms with E-state index in [9.17, 15) is 13.2 Å². The van der Waals surface area contributed by atoms with Gasteiger partial charge in [-0.25, -0.2) is 13.1 Å². The Morgan fingerprint density at radius 1 is 1.52 bits per heavy atom. The molecule has 1 amide bonds. The fraction of sp³-hybridized carbons (Fsp3) is 0.667. The molecule has 1 unspecified atom stereocenters. The molecule has 2 N–H and O–H groups in total. The number of nitrogens with one attached hydrogen (secondary N) is 2. The van der Waals surface area contributed by atoms with Crippen molar-refractivity contribution in [1.82, 2.24) is 24.7 Å². The van der Waals surface area contributed by atoms with E-state index in [0.717, 1.165) is 12.8 Å². The number of piperidine rings is 1. The van der Waals surface area contributed by atoms with Gasteiger partial charge < -0.3 is 10.2 Å². The Balaban J connectivity index is 1.91. The Morgan fingerprint density at radius 3 is 2.90 bits per heavy atom. The number of rotatable bonds is 5. The molecular weight excluding hydrogens is 294 g/mol. The Bertz CT molecular complexity index is 598. The largest absolute Gasteiger partial charge is 0.340 e. The van der Waals surface area contributed by atoms with E-state index in [4.69, 9.17) is 0 Å². The van der Waals surface area contributed by atoms with Gasteiger partial charge in [-0.3, -0.25) is 9.48 Å². The summed E-state index contributed by atoms with van der Waals surface area (Å²) in [4.78, 5) is 13.8. The van der Waals surface area contributed by atoms with Gasteiger partial charge in [0.2, 0.25) is 15.9 Å². The molecule has 0 saturated carbocycles. The minimum absolute atomic E-state index is 0.0598. The van der Waals surface area contributed by atoms with Gasteiger partial charge in [-0.15, -0.1) is 0 Å². The molecule has 1 aromatic rings. The molecule has 0 radical (unpaired) electrons. The highest BCUT2D eigenvalue weighted by Gasteiger charge is 2.24. The SMILES string of the molecule is CNC1CCCN(C(=O)CNS(=O)(=O)c2cnn(C)c2)C1. The monoisotopic (exact) mass is 315 g/mol. The average molecular weight is 315 g/mol. The van der Waals surface area contributed by atoms with Crippen LogP contribution in [-0.2, 0) is 21.9 Å². The van der Waals surface area contributed by atoms with Gasteiger partial charge in [0, 0.05) is 32.4 Å². The van der Waals surface area contributed by atoms with Crippen LogP contribution in [0.3, 0.4) is 0 Å². The zero-order valence-electron chi connectivity index (χ0n) is 12.2. The summed E-state index contributed by atoms with van der Waals surface area (Å²) in [6.07, 6.45) is 4.60. The molecule has 1 aliphatic heterocycles. The van der Waals surface area contributed by atoms with Crippen LogP contribution < -0.4 is 10.0 Å². The number of likely N-dealkylation sites (tertiary alicyclic amines) is 1. The Kier molecular flexibility index (Phi) is 4.96. The number of sulfonamides is 1. The minimum Gasteiger partial charge on any atom is -0.340 e. The first-order chi connectivity index (χ1) is 9.92. The second-order valence-corrected chi connectivity index (χ2v) is 6.91. The number of hydrogen-bond donors (Lipinski definition) is 2. The molecule has 0 bridgehead atoms. The minimum atomic E-state index is -3.69. The van der Waals surface area contributed by atoms with Crippen LogP contribution >= 0.6 is 0 Å². The molecule has 9 heteroatoms. The predicted octanol–water partition coefficient (Wildman–Crippen LogP) is -1.09. The molecule has 1 fully saturated rings. The van der Waals surface area contributed by atoms with Gasteiger partial charge in [-0.2, -0.15) is 5.10 Å². The van der Waals surface area contributed by atoms with E-state index in [1.807, 2.05) is 7.05 Å². The van der Waals surface area contributed by atoms with Crippen molar-refractivity contribution in [3.63, 3.8) is 0 Å². The van der Waals surface area contributed by atoms with Crippen LogP contribution in [-0.4, -0.2) is 61.7 Å². The lowest BCUT2D eigenvalue weighted by atomic mass is 10.1.